The number of carbonyl (C=O) groups excluding carboxylic acids is 1. The van der Waals surface area contributed by atoms with Gasteiger partial charge in [0.05, 0.1) is 11.8 Å². The molecule has 2 saturated carbocycles. The van der Waals surface area contributed by atoms with Crippen molar-refractivity contribution in [3.63, 3.8) is 0 Å². The van der Waals surface area contributed by atoms with Crippen molar-refractivity contribution >= 4 is 5.78 Å². The van der Waals surface area contributed by atoms with Crippen molar-refractivity contribution in [1.29, 1.82) is 0 Å². The molecule has 3 nitrogen and oxygen atoms in total. The highest BCUT2D eigenvalue weighted by molar-refractivity contribution is 5.97. The summed E-state index contributed by atoms with van der Waals surface area (Å²) in [6, 6.07) is 0. The second kappa shape index (κ2) is 3.97. The second-order valence-corrected chi connectivity index (χ2v) is 5.83. The molecule has 17 heavy (non-hydrogen) atoms. The van der Waals surface area contributed by atoms with Gasteiger partial charge in [-0.2, -0.15) is 5.10 Å². The van der Waals surface area contributed by atoms with Crippen molar-refractivity contribution in [3.05, 3.63) is 17.5 Å². The first-order valence-electron chi connectivity index (χ1n) is 6.67. The van der Waals surface area contributed by atoms with Gasteiger partial charge in [-0.05, 0) is 43.9 Å². The standard InChI is InChI=1S/C14H20N2O/c1-9-13(8-15-16(9)2)14(17)7-12-6-10-3-4-11(12)5-10/h8,10-12H,3-7H2,1-2H3. The smallest absolute Gasteiger partial charge is 0.166 e. The second-order valence-electron chi connectivity index (χ2n) is 5.83. The molecule has 0 N–H and O–H groups in total. The van der Waals surface area contributed by atoms with Crippen LogP contribution in [0.4, 0.5) is 0 Å². The zero-order valence-electron chi connectivity index (χ0n) is 10.6. The van der Waals surface area contributed by atoms with E-state index in [1.165, 1.54) is 25.7 Å². The van der Waals surface area contributed by atoms with Crippen LogP contribution in [0.25, 0.3) is 0 Å². The van der Waals surface area contributed by atoms with Gasteiger partial charge in [0.15, 0.2) is 5.78 Å². The van der Waals surface area contributed by atoms with Crippen LogP contribution in [0.3, 0.4) is 0 Å². The van der Waals surface area contributed by atoms with E-state index >= 15 is 0 Å². The van der Waals surface area contributed by atoms with Crippen LogP contribution in [-0.2, 0) is 7.05 Å². The summed E-state index contributed by atoms with van der Waals surface area (Å²) in [7, 11) is 1.89. The molecular weight excluding hydrogens is 212 g/mol. The lowest BCUT2D eigenvalue weighted by molar-refractivity contribution is 0.0943. The summed E-state index contributed by atoms with van der Waals surface area (Å²) in [6.07, 6.45) is 7.90. The summed E-state index contributed by atoms with van der Waals surface area (Å²) in [5.41, 5.74) is 1.83. The van der Waals surface area contributed by atoms with Crippen LogP contribution in [0.2, 0.25) is 0 Å². The Labute approximate surface area is 102 Å². The minimum Gasteiger partial charge on any atom is -0.294 e. The highest BCUT2D eigenvalue weighted by Crippen LogP contribution is 2.49. The Kier molecular flexibility index (Phi) is 2.57. The van der Waals surface area contributed by atoms with Gasteiger partial charge in [0.2, 0.25) is 0 Å². The summed E-state index contributed by atoms with van der Waals surface area (Å²) in [5, 5.41) is 4.16. The third-order valence-electron chi connectivity index (χ3n) is 4.87. The molecule has 0 spiro atoms. The number of Topliss-reactive ketones (excluding diaryl/α,β-unsaturated/α-hetero) is 1. The van der Waals surface area contributed by atoms with Gasteiger partial charge in [0.25, 0.3) is 0 Å². The maximum Gasteiger partial charge on any atom is 0.166 e. The number of fused-ring (bicyclic) bond motifs is 2. The SMILES string of the molecule is Cc1c(C(=O)CC2CC3CCC2C3)cnn1C. The van der Waals surface area contributed by atoms with Crippen molar-refractivity contribution in [2.24, 2.45) is 24.8 Å². The number of hydrogen-bond donors (Lipinski definition) is 0. The van der Waals surface area contributed by atoms with Gasteiger partial charge in [0.1, 0.15) is 0 Å². The molecule has 3 unspecified atom stereocenters. The number of ketones is 1. The van der Waals surface area contributed by atoms with E-state index in [-0.39, 0.29) is 0 Å². The Hall–Kier alpha value is -1.12. The number of aromatic nitrogens is 2. The molecule has 3 atom stereocenters. The van der Waals surface area contributed by atoms with Gasteiger partial charge in [-0.15, -0.1) is 0 Å². The average molecular weight is 232 g/mol. The van der Waals surface area contributed by atoms with E-state index < -0.39 is 0 Å². The fourth-order valence-electron chi connectivity index (χ4n) is 3.75. The molecule has 1 heterocycles. The zero-order chi connectivity index (χ0) is 12.0. The van der Waals surface area contributed by atoms with Gasteiger partial charge in [0, 0.05) is 19.2 Å². The molecule has 3 heteroatoms. The summed E-state index contributed by atoms with van der Waals surface area (Å²) >= 11 is 0. The van der Waals surface area contributed by atoms with Gasteiger partial charge in [-0.25, -0.2) is 0 Å². The van der Waals surface area contributed by atoms with E-state index in [9.17, 15) is 4.79 Å². The molecule has 3 rings (SSSR count). The van der Waals surface area contributed by atoms with Crippen LogP contribution < -0.4 is 0 Å². The maximum absolute atomic E-state index is 12.3. The molecule has 0 aromatic carbocycles. The monoisotopic (exact) mass is 232 g/mol. The topological polar surface area (TPSA) is 34.9 Å². The minimum absolute atomic E-state index is 0.299. The Morgan fingerprint density at radius 3 is 2.82 bits per heavy atom. The minimum atomic E-state index is 0.299. The highest BCUT2D eigenvalue weighted by Gasteiger charge is 2.40. The summed E-state index contributed by atoms with van der Waals surface area (Å²) in [5.74, 6) is 2.71. The van der Waals surface area contributed by atoms with E-state index in [4.69, 9.17) is 0 Å². The lowest BCUT2D eigenvalue weighted by Gasteiger charge is -2.20. The lowest BCUT2D eigenvalue weighted by atomic mass is 9.84. The number of carbonyl (C=O) groups is 1. The van der Waals surface area contributed by atoms with Crippen molar-refractivity contribution in [3.8, 4) is 0 Å². The fourth-order valence-corrected chi connectivity index (χ4v) is 3.75. The van der Waals surface area contributed by atoms with Gasteiger partial charge < -0.3 is 0 Å². The molecule has 2 aliphatic carbocycles. The molecule has 92 valence electrons. The predicted octanol–water partition coefficient (Wildman–Crippen LogP) is 2.74. The van der Waals surface area contributed by atoms with Gasteiger partial charge >= 0.3 is 0 Å². The van der Waals surface area contributed by atoms with Crippen molar-refractivity contribution in [2.75, 3.05) is 0 Å². The molecule has 0 aliphatic heterocycles. The molecule has 2 fully saturated rings. The molecule has 2 bridgehead atoms. The van der Waals surface area contributed by atoms with Crippen molar-refractivity contribution < 1.29 is 4.79 Å². The third-order valence-corrected chi connectivity index (χ3v) is 4.87. The Balaban J connectivity index is 1.70. The molecular formula is C14H20N2O. The van der Waals surface area contributed by atoms with Crippen molar-refractivity contribution in [1.82, 2.24) is 9.78 Å². The number of nitrogens with zero attached hydrogens (tertiary/aromatic N) is 2. The molecule has 0 amide bonds. The van der Waals surface area contributed by atoms with E-state index in [0.717, 1.165) is 29.5 Å². The number of aryl methyl sites for hydroxylation is 1. The lowest BCUT2D eigenvalue weighted by Crippen LogP contribution is -2.15. The average Bonchev–Trinajstić information content (AvgIpc) is 2.96. The summed E-state index contributed by atoms with van der Waals surface area (Å²) < 4.78 is 1.79. The first-order valence-corrected chi connectivity index (χ1v) is 6.67. The van der Waals surface area contributed by atoms with Crippen LogP contribution in [-0.4, -0.2) is 15.6 Å². The van der Waals surface area contributed by atoms with Crippen LogP contribution in [0.1, 0.15) is 48.2 Å². The predicted molar refractivity (Wildman–Crippen MR) is 65.8 cm³/mol. The Morgan fingerprint density at radius 1 is 1.47 bits per heavy atom. The highest BCUT2D eigenvalue weighted by atomic mass is 16.1. The number of hydrogen-bond acceptors (Lipinski definition) is 2. The zero-order valence-corrected chi connectivity index (χ0v) is 10.6. The summed E-state index contributed by atoms with van der Waals surface area (Å²) in [6.45, 7) is 1.97. The number of rotatable bonds is 3. The fraction of sp³-hybridized carbons (Fsp3) is 0.714. The first kappa shape index (κ1) is 11.0. The van der Waals surface area contributed by atoms with Crippen LogP contribution in [0.15, 0.2) is 6.20 Å². The molecule has 1 aromatic heterocycles. The molecule has 1 aromatic rings. The van der Waals surface area contributed by atoms with E-state index in [1.54, 1.807) is 10.9 Å². The van der Waals surface area contributed by atoms with Gasteiger partial charge in [-0.1, -0.05) is 6.42 Å². The molecule has 0 radical (unpaired) electrons. The van der Waals surface area contributed by atoms with Crippen LogP contribution in [0, 0.1) is 24.7 Å². The molecule has 0 saturated heterocycles. The normalized spacial score (nSPS) is 31.1. The maximum atomic E-state index is 12.3. The van der Waals surface area contributed by atoms with Crippen LogP contribution in [0.5, 0.6) is 0 Å². The van der Waals surface area contributed by atoms with Crippen molar-refractivity contribution in [2.45, 2.75) is 39.0 Å². The Morgan fingerprint density at radius 2 is 2.29 bits per heavy atom. The van der Waals surface area contributed by atoms with E-state index in [1.807, 2.05) is 14.0 Å². The third kappa shape index (κ3) is 1.81. The Bertz CT molecular complexity index is 449. The summed E-state index contributed by atoms with van der Waals surface area (Å²) in [4.78, 5) is 12.3. The molecule has 2 aliphatic rings. The largest absolute Gasteiger partial charge is 0.294 e. The van der Waals surface area contributed by atoms with Gasteiger partial charge in [-0.3, -0.25) is 9.48 Å². The van der Waals surface area contributed by atoms with E-state index in [0.29, 0.717) is 11.7 Å². The quantitative estimate of drug-likeness (QED) is 0.751. The van der Waals surface area contributed by atoms with Crippen LogP contribution >= 0.6 is 0 Å². The van der Waals surface area contributed by atoms with E-state index in [2.05, 4.69) is 5.10 Å². The first-order chi connectivity index (χ1) is 8.15.